The second-order valence-electron chi connectivity index (χ2n) is 6.93. The molecule has 3 aromatic rings. The zero-order valence-electron chi connectivity index (χ0n) is 16.2. The van der Waals surface area contributed by atoms with Crippen molar-refractivity contribution in [2.75, 3.05) is 12.1 Å². The van der Waals surface area contributed by atoms with Gasteiger partial charge in [-0.05, 0) is 71.8 Å². The van der Waals surface area contributed by atoms with E-state index in [-0.39, 0.29) is 16.8 Å². The number of nitrogens with zero attached hydrogens (tertiary/aromatic N) is 2. The molecule has 0 spiro atoms. The van der Waals surface area contributed by atoms with Crippen molar-refractivity contribution in [2.24, 2.45) is 10.2 Å². The minimum absolute atomic E-state index is 0.0205. The van der Waals surface area contributed by atoms with Crippen molar-refractivity contribution in [1.29, 1.82) is 0 Å². The molecule has 0 aromatic heterocycles. The van der Waals surface area contributed by atoms with Crippen molar-refractivity contribution in [3.05, 3.63) is 89.7 Å². The van der Waals surface area contributed by atoms with Gasteiger partial charge in [-0.25, -0.2) is 17.9 Å². The number of nitrogens with two attached hydrogens (primary N) is 1. The first-order valence-electron chi connectivity index (χ1n) is 9.24. The highest BCUT2D eigenvalue weighted by atomic mass is 32.2. The Labute approximate surface area is 174 Å². The molecule has 0 saturated carbocycles. The lowest BCUT2D eigenvalue weighted by molar-refractivity contribution is 0.415. The molecule has 4 rings (SSSR count). The van der Waals surface area contributed by atoms with Crippen LogP contribution in [0.3, 0.4) is 0 Å². The van der Waals surface area contributed by atoms with Crippen LogP contribution in [0.1, 0.15) is 23.6 Å². The second-order valence-corrected chi connectivity index (χ2v) is 8.50. The van der Waals surface area contributed by atoms with E-state index in [1.165, 1.54) is 24.3 Å². The van der Waals surface area contributed by atoms with Crippen LogP contribution in [0.25, 0.3) is 0 Å². The van der Waals surface area contributed by atoms with E-state index >= 15 is 0 Å². The lowest BCUT2D eigenvalue weighted by atomic mass is 9.98. The smallest absolute Gasteiger partial charge is 0.238 e. The predicted molar refractivity (Wildman–Crippen MR) is 114 cm³/mol. The molecule has 0 fully saturated rings. The number of hydrazone groups is 1. The van der Waals surface area contributed by atoms with E-state index in [4.69, 9.17) is 15.0 Å². The normalized spacial score (nSPS) is 16.4. The summed E-state index contributed by atoms with van der Waals surface area (Å²) in [5.41, 5.74) is 3.22. The molecule has 1 aliphatic heterocycles. The molecule has 0 saturated heterocycles. The van der Waals surface area contributed by atoms with Crippen molar-refractivity contribution in [2.45, 2.75) is 17.4 Å². The average molecular weight is 425 g/mol. The first-order valence-corrected chi connectivity index (χ1v) is 10.8. The fourth-order valence-corrected chi connectivity index (χ4v) is 3.98. The zero-order chi connectivity index (χ0) is 21.3. The molecule has 6 nitrogen and oxygen atoms in total. The van der Waals surface area contributed by atoms with Gasteiger partial charge >= 0.3 is 0 Å². The van der Waals surface area contributed by atoms with Gasteiger partial charge in [0.05, 0.1) is 29.4 Å². The molecule has 1 aliphatic rings. The monoisotopic (exact) mass is 425 g/mol. The Balaban J connectivity index is 1.74. The Hall–Kier alpha value is -3.23. The molecule has 2 N–H and O–H groups in total. The van der Waals surface area contributed by atoms with Crippen molar-refractivity contribution >= 4 is 21.4 Å². The molecule has 1 atom stereocenters. The number of methoxy groups -OCH3 is 1. The highest BCUT2D eigenvalue weighted by molar-refractivity contribution is 7.89. The highest BCUT2D eigenvalue weighted by Crippen LogP contribution is 2.37. The summed E-state index contributed by atoms with van der Waals surface area (Å²) in [4.78, 5) is 0.0205. The Morgan fingerprint density at radius 3 is 2.37 bits per heavy atom. The number of benzene rings is 3. The van der Waals surface area contributed by atoms with Gasteiger partial charge in [0.1, 0.15) is 11.6 Å². The number of sulfonamides is 1. The van der Waals surface area contributed by atoms with Crippen molar-refractivity contribution < 1.29 is 17.5 Å². The molecule has 3 aromatic carbocycles. The number of hydrogen-bond donors (Lipinski definition) is 1. The van der Waals surface area contributed by atoms with Crippen LogP contribution in [0.2, 0.25) is 0 Å². The van der Waals surface area contributed by atoms with Crippen molar-refractivity contribution in [1.82, 2.24) is 0 Å². The Morgan fingerprint density at radius 2 is 1.77 bits per heavy atom. The number of halogens is 1. The number of rotatable bonds is 5. The van der Waals surface area contributed by atoms with Crippen LogP contribution < -0.4 is 14.9 Å². The fourth-order valence-electron chi connectivity index (χ4n) is 3.47. The van der Waals surface area contributed by atoms with Crippen LogP contribution in [-0.4, -0.2) is 21.2 Å². The number of primary sulfonamides is 1. The maximum Gasteiger partial charge on any atom is 0.238 e. The van der Waals surface area contributed by atoms with E-state index in [0.29, 0.717) is 12.1 Å². The summed E-state index contributed by atoms with van der Waals surface area (Å²) < 4.78 is 42.2. The van der Waals surface area contributed by atoms with Crippen LogP contribution in [0.5, 0.6) is 5.75 Å². The summed E-state index contributed by atoms with van der Waals surface area (Å²) in [6.07, 6.45) is 0.562. The molecule has 154 valence electrons. The molecule has 0 radical (unpaired) electrons. The Morgan fingerprint density at radius 1 is 1.07 bits per heavy atom. The third-order valence-corrected chi connectivity index (χ3v) is 5.93. The molecule has 0 amide bonds. The van der Waals surface area contributed by atoms with E-state index in [2.05, 4.69) is 0 Å². The third-order valence-electron chi connectivity index (χ3n) is 5.00. The summed E-state index contributed by atoms with van der Waals surface area (Å²) in [6.45, 7) is 0. The quantitative estimate of drug-likeness (QED) is 0.673. The lowest BCUT2D eigenvalue weighted by Crippen LogP contribution is -2.19. The van der Waals surface area contributed by atoms with Gasteiger partial charge in [-0.15, -0.1) is 0 Å². The fraction of sp³-hybridized carbons (Fsp3) is 0.136. The Bertz CT molecular complexity index is 1190. The molecular weight excluding hydrogens is 405 g/mol. The van der Waals surface area contributed by atoms with Crippen molar-refractivity contribution in [3.8, 4) is 5.75 Å². The summed E-state index contributed by atoms with van der Waals surface area (Å²) in [5, 5.41) is 11.7. The van der Waals surface area contributed by atoms with Crippen molar-refractivity contribution in [3.63, 3.8) is 0 Å². The molecular formula is C22H20FN3O3S. The van der Waals surface area contributed by atoms with Crippen LogP contribution in [0.15, 0.2) is 82.8 Å². The van der Waals surface area contributed by atoms with Gasteiger partial charge < -0.3 is 4.74 Å². The van der Waals surface area contributed by atoms with Gasteiger partial charge in [0, 0.05) is 6.42 Å². The first-order chi connectivity index (χ1) is 14.3. The topological polar surface area (TPSA) is 85.0 Å². The zero-order valence-corrected chi connectivity index (χ0v) is 17.0. The van der Waals surface area contributed by atoms with Gasteiger partial charge in [0.25, 0.3) is 0 Å². The molecule has 0 bridgehead atoms. The Kier molecular flexibility index (Phi) is 5.27. The molecule has 8 heteroatoms. The molecule has 0 aliphatic carbocycles. The van der Waals surface area contributed by atoms with E-state index in [1.807, 2.05) is 30.3 Å². The number of hydrogen-bond acceptors (Lipinski definition) is 5. The van der Waals surface area contributed by atoms with Gasteiger partial charge in [0.2, 0.25) is 10.0 Å². The predicted octanol–water partition coefficient (Wildman–Crippen LogP) is 3.84. The summed E-state index contributed by atoms with van der Waals surface area (Å²) in [7, 11) is -2.18. The summed E-state index contributed by atoms with van der Waals surface area (Å²) >= 11 is 0. The number of ether oxygens (including phenoxy) is 1. The van der Waals surface area contributed by atoms with E-state index in [0.717, 1.165) is 22.6 Å². The summed E-state index contributed by atoms with van der Waals surface area (Å²) in [6, 6.07) is 19.9. The number of anilines is 1. The second kappa shape index (κ2) is 7.89. The summed E-state index contributed by atoms with van der Waals surface area (Å²) in [5.74, 6) is 0.421. The van der Waals surface area contributed by atoms with Gasteiger partial charge in [-0.2, -0.15) is 5.10 Å². The van der Waals surface area contributed by atoms with Gasteiger partial charge in [-0.3, -0.25) is 5.01 Å². The van der Waals surface area contributed by atoms with E-state index in [1.54, 1.807) is 30.3 Å². The highest BCUT2D eigenvalue weighted by Gasteiger charge is 2.30. The van der Waals surface area contributed by atoms with Crippen LogP contribution in [-0.2, 0) is 10.0 Å². The van der Waals surface area contributed by atoms with E-state index < -0.39 is 10.0 Å². The van der Waals surface area contributed by atoms with Crippen LogP contribution in [0.4, 0.5) is 10.1 Å². The lowest BCUT2D eigenvalue weighted by Gasteiger charge is -2.24. The standard InChI is InChI=1S/C22H20FN3O3S/c1-29-19-9-5-15(6-10-19)21-14-22(16-3-2-4-17(23)13-16)26(25-21)18-7-11-20(12-8-18)30(24,27)28/h2-13,22H,14H2,1H3,(H2,24,27,28)/t22-/m0/s1. The molecule has 1 heterocycles. The van der Waals surface area contributed by atoms with E-state index in [9.17, 15) is 12.8 Å². The van der Waals surface area contributed by atoms with Crippen LogP contribution >= 0.6 is 0 Å². The minimum atomic E-state index is -3.79. The van der Waals surface area contributed by atoms with Gasteiger partial charge in [-0.1, -0.05) is 12.1 Å². The minimum Gasteiger partial charge on any atom is -0.497 e. The average Bonchev–Trinajstić information content (AvgIpc) is 3.19. The van der Waals surface area contributed by atoms with Crippen LogP contribution in [0, 0.1) is 5.82 Å². The third kappa shape index (κ3) is 4.05. The molecule has 30 heavy (non-hydrogen) atoms. The SMILES string of the molecule is COc1ccc(C2=NN(c3ccc(S(N)(=O)=O)cc3)[C@H](c3cccc(F)c3)C2)cc1. The largest absolute Gasteiger partial charge is 0.497 e. The van der Waals surface area contributed by atoms with Gasteiger partial charge in [0.15, 0.2) is 0 Å². The maximum absolute atomic E-state index is 13.9. The first kappa shape index (κ1) is 20.1. The molecule has 0 unspecified atom stereocenters. The maximum atomic E-state index is 13.9.